The van der Waals surface area contributed by atoms with Crippen LogP contribution < -0.4 is 5.32 Å². The Morgan fingerprint density at radius 2 is 1.86 bits per heavy atom. The van der Waals surface area contributed by atoms with Crippen LogP contribution in [0.5, 0.6) is 0 Å². The molecule has 1 aromatic carbocycles. The largest absolute Gasteiger partial charge is 0.391 e. The molecule has 0 saturated carbocycles. The Bertz CT molecular complexity index is 738. The van der Waals surface area contributed by atoms with Crippen molar-refractivity contribution in [2.45, 2.75) is 44.8 Å². The first-order valence-corrected chi connectivity index (χ1v) is 8.75. The normalized spacial score (nSPS) is 19.2. The molecule has 1 heterocycles. The zero-order valence-corrected chi connectivity index (χ0v) is 15.1. The second-order valence-corrected chi connectivity index (χ2v) is 6.94. The summed E-state index contributed by atoms with van der Waals surface area (Å²) >= 11 is 0. The van der Waals surface area contributed by atoms with Gasteiger partial charge in [-0.15, -0.1) is 0 Å². The van der Waals surface area contributed by atoms with E-state index in [2.05, 4.69) is 5.32 Å². The van der Waals surface area contributed by atoms with Gasteiger partial charge in [0.15, 0.2) is 11.6 Å². The van der Waals surface area contributed by atoms with Crippen LogP contribution in [-0.4, -0.2) is 42.0 Å². The lowest BCUT2D eigenvalue weighted by molar-refractivity contribution is -0.162. The molecule has 1 aromatic rings. The molecule has 10 heteroatoms. The highest BCUT2D eigenvalue weighted by atomic mass is 19.4. The van der Waals surface area contributed by atoms with Gasteiger partial charge in [0.1, 0.15) is 11.9 Å². The quantitative estimate of drug-likeness (QED) is 0.598. The number of rotatable bonds is 5. The van der Waals surface area contributed by atoms with Crippen LogP contribution in [-0.2, 0) is 16.0 Å². The van der Waals surface area contributed by atoms with E-state index >= 15 is 0 Å². The predicted octanol–water partition coefficient (Wildman–Crippen LogP) is 3.34. The molecule has 0 aromatic heterocycles. The maximum absolute atomic E-state index is 13.8. The van der Waals surface area contributed by atoms with Crippen LogP contribution in [0, 0.1) is 23.4 Å². The molecule has 1 fully saturated rings. The number of alkyl halides is 3. The third-order valence-corrected chi connectivity index (χ3v) is 4.48. The number of amides is 2. The minimum atomic E-state index is -4.63. The Morgan fingerprint density at radius 3 is 2.50 bits per heavy atom. The van der Waals surface area contributed by atoms with Gasteiger partial charge in [0.25, 0.3) is 0 Å². The summed E-state index contributed by atoms with van der Waals surface area (Å²) in [6, 6.07) is -0.572. The van der Waals surface area contributed by atoms with E-state index in [9.17, 15) is 35.9 Å². The van der Waals surface area contributed by atoms with Crippen molar-refractivity contribution in [3.63, 3.8) is 0 Å². The van der Waals surface area contributed by atoms with Crippen LogP contribution in [0.25, 0.3) is 0 Å². The van der Waals surface area contributed by atoms with Crippen molar-refractivity contribution in [1.82, 2.24) is 10.2 Å². The number of nitrogens with zero attached hydrogens (tertiary/aromatic N) is 1. The highest BCUT2D eigenvalue weighted by Crippen LogP contribution is 2.27. The van der Waals surface area contributed by atoms with E-state index in [1.807, 2.05) is 0 Å². The number of hydrogen-bond acceptors (Lipinski definition) is 2. The minimum absolute atomic E-state index is 0.0232. The smallest absolute Gasteiger partial charge is 0.354 e. The number of benzene rings is 1. The Morgan fingerprint density at radius 1 is 1.21 bits per heavy atom. The molecule has 0 radical (unpaired) electrons. The maximum Gasteiger partial charge on any atom is 0.391 e. The zero-order chi connectivity index (χ0) is 21.1. The third-order valence-electron chi connectivity index (χ3n) is 4.48. The van der Waals surface area contributed by atoms with Gasteiger partial charge in [0.2, 0.25) is 11.8 Å². The van der Waals surface area contributed by atoms with E-state index in [-0.39, 0.29) is 31.5 Å². The average molecular weight is 410 g/mol. The highest BCUT2D eigenvalue weighted by molar-refractivity contribution is 5.88. The first-order valence-electron chi connectivity index (χ1n) is 8.75. The van der Waals surface area contributed by atoms with Gasteiger partial charge < -0.3 is 10.2 Å². The molecule has 0 aliphatic carbocycles. The molecule has 2 atom stereocenters. The molecular formula is C18H20F6N2O2. The summed E-state index contributed by atoms with van der Waals surface area (Å²) in [5.74, 6) is -5.66. The lowest BCUT2D eigenvalue weighted by atomic mass is 9.96. The highest BCUT2D eigenvalue weighted by Gasteiger charge is 2.41. The number of carbonyl (C=O) groups is 2. The molecule has 0 bridgehead atoms. The summed E-state index contributed by atoms with van der Waals surface area (Å²) in [7, 11) is 0. The van der Waals surface area contributed by atoms with Crippen molar-refractivity contribution >= 4 is 11.8 Å². The lowest BCUT2D eigenvalue weighted by Crippen LogP contribution is -2.49. The van der Waals surface area contributed by atoms with E-state index in [1.165, 1.54) is 6.92 Å². The van der Waals surface area contributed by atoms with E-state index < -0.39 is 53.8 Å². The molecule has 156 valence electrons. The van der Waals surface area contributed by atoms with Crippen LogP contribution in [0.2, 0.25) is 0 Å². The summed E-state index contributed by atoms with van der Waals surface area (Å²) < 4.78 is 78.5. The summed E-state index contributed by atoms with van der Waals surface area (Å²) in [5, 5.41) is 2.35. The molecule has 4 nitrogen and oxygen atoms in total. The fraction of sp³-hybridized carbons (Fsp3) is 0.556. The number of nitrogens with one attached hydrogen (secondary N) is 1. The van der Waals surface area contributed by atoms with Crippen molar-refractivity contribution in [3.8, 4) is 0 Å². The number of halogens is 6. The average Bonchev–Trinajstić information content (AvgIpc) is 2.73. The SMILES string of the molecule is C[C@@H](CC(=O)N1CCCNC(=O)[C@H]1CC(F)(F)F)Cc1cc(F)c(F)cc1F. The molecule has 28 heavy (non-hydrogen) atoms. The lowest BCUT2D eigenvalue weighted by Gasteiger charge is -2.30. The van der Waals surface area contributed by atoms with Gasteiger partial charge in [-0.1, -0.05) is 6.92 Å². The molecule has 1 aliphatic rings. The number of carbonyl (C=O) groups excluding carboxylic acids is 2. The molecule has 2 rings (SSSR count). The van der Waals surface area contributed by atoms with E-state index in [4.69, 9.17) is 0 Å². The standard InChI is InChI=1S/C18H20F6N2O2/c1-10(5-11-7-13(20)14(21)8-12(11)19)6-16(27)26-4-2-3-25-17(28)15(26)9-18(22,23)24/h7-8,10,15H,2-6,9H2,1H3,(H,25,28)/t10-,15-/m1/s1. The van der Waals surface area contributed by atoms with Crippen LogP contribution in [0.4, 0.5) is 26.3 Å². The summed E-state index contributed by atoms with van der Waals surface area (Å²) in [6.07, 6.45) is -6.17. The van der Waals surface area contributed by atoms with Crippen molar-refractivity contribution in [1.29, 1.82) is 0 Å². The van der Waals surface area contributed by atoms with Crippen molar-refractivity contribution in [2.24, 2.45) is 5.92 Å². The van der Waals surface area contributed by atoms with E-state index in [0.29, 0.717) is 18.6 Å². The maximum atomic E-state index is 13.8. The predicted molar refractivity (Wildman–Crippen MR) is 87.6 cm³/mol. The molecule has 0 unspecified atom stereocenters. The van der Waals surface area contributed by atoms with Gasteiger partial charge in [-0.05, 0) is 30.4 Å². The summed E-state index contributed by atoms with van der Waals surface area (Å²) in [6.45, 7) is 1.67. The molecule has 1 saturated heterocycles. The monoisotopic (exact) mass is 410 g/mol. The van der Waals surface area contributed by atoms with Gasteiger partial charge in [-0.2, -0.15) is 13.2 Å². The summed E-state index contributed by atoms with van der Waals surface area (Å²) in [4.78, 5) is 25.4. The molecule has 1 aliphatic heterocycles. The van der Waals surface area contributed by atoms with E-state index in [0.717, 1.165) is 4.90 Å². The van der Waals surface area contributed by atoms with Gasteiger partial charge in [0.05, 0.1) is 6.42 Å². The first-order chi connectivity index (χ1) is 13.0. The van der Waals surface area contributed by atoms with Gasteiger partial charge >= 0.3 is 6.18 Å². The fourth-order valence-electron chi connectivity index (χ4n) is 3.18. The van der Waals surface area contributed by atoms with Crippen LogP contribution in [0.15, 0.2) is 12.1 Å². The molecule has 0 spiro atoms. The van der Waals surface area contributed by atoms with Crippen molar-refractivity contribution in [3.05, 3.63) is 35.1 Å². The van der Waals surface area contributed by atoms with Crippen LogP contribution >= 0.6 is 0 Å². The summed E-state index contributed by atoms with van der Waals surface area (Å²) in [5.41, 5.74) is -0.139. The Labute approximate surface area is 157 Å². The zero-order valence-electron chi connectivity index (χ0n) is 15.1. The Balaban J connectivity index is 2.10. The van der Waals surface area contributed by atoms with Crippen molar-refractivity contribution in [2.75, 3.05) is 13.1 Å². The minimum Gasteiger partial charge on any atom is -0.354 e. The fourth-order valence-corrected chi connectivity index (χ4v) is 3.18. The Kier molecular flexibility index (Phi) is 6.95. The number of hydrogen-bond donors (Lipinski definition) is 1. The van der Waals surface area contributed by atoms with Gasteiger partial charge in [-0.3, -0.25) is 9.59 Å². The van der Waals surface area contributed by atoms with E-state index in [1.54, 1.807) is 0 Å². The van der Waals surface area contributed by atoms with Gasteiger partial charge in [-0.25, -0.2) is 13.2 Å². The Hall–Kier alpha value is -2.26. The third kappa shape index (κ3) is 5.87. The molecular weight excluding hydrogens is 390 g/mol. The second-order valence-electron chi connectivity index (χ2n) is 6.94. The molecule has 2 amide bonds. The van der Waals surface area contributed by atoms with Crippen LogP contribution in [0.1, 0.15) is 31.7 Å². The van der Waals surface area contributed by atoms with Crippen LogP contribution in [0.3, 0.4) is 0 Å². The molecule has 1 N–H and O–H groups in total. The van der Waals surface area contributed by atoms with Gasteiger partial charge in [0, 0.05) is 25.6 Å². The topological polar surface area (TPSA) is 49.4 Å². The van der Waals surface area contributed by atoms with Crippen molar-refractivity contribution < 1.29 is 35.9 Å². The second kappa shape index (κ2) is 8.83. The first kappa shape index (κ1) is 22.0.